The lowest BCUT2D eigenvalue weighted by atomic mass is 10.0. The van der Waals surface area contributed by atoms with Gasteiger partial charge >= 0.3 is 5.97 Å². The lowest BCUT2D eigenvalue weighted by molar-refractivity contribution is -0.143. The van der Waals surface area contributed by atoms with Gasteiger partial charge in [0.05, 0.1) is 25.4 Å². The van der Waals surface area contributed by atoms with E-state index in [1.54, 1.807) is 0 Å². The molecule has 0 aromatic heterocycles. The van der Waals surface area contributed by atoms with Crippen LogP contribution in [-0.2, 0) is 14.3 Å². The lowest BCUT2D eigenvalue weighted by Gasteiger charge is -2.22. The van der Waals surface area contributed by atoms with Crippen molar-refractivity contribution in [3.8, 4) is 0 Å². The fourth-order valence-corrected chi connectivity index (χ4v) is 11.8. The molecular weight excluding hydrogens is 971 g/mol. The molecule has 470 valence electrons. The minimum atomic E-state index is -0.658. The molecule has 0 radical (unpaired) electrons. The van der Waals surface area contributed by atoms with Crippen LogP contribution in [0.5, 0.6) is 0 Å². The predicted molar refractivity (Wildman–Crippen MR) is 347 cm³/mol. The molecule has 3 N–H and O–H groups in total. The first kappa shape index (κ1) is 77.6. The molecule has 0 rings (SSSR count). The average molecular weight is 1110 g/mol. The summed E-state index contributed by atoms with van der Waals surface area (Å²) < 4.78 is 5.49. The number of allylic oxidation sites excluding steroid dienone is 2. The van der Waals surface area contributed by atoms with Crippen LogP contribution in [0.3, 0.4) is 0 Å². The Labute approximate surface area is 495 Å². The number of esters is 1. The van der Waals surface area contributed by atoms with Crippen LogP contribution in [0.25, 0.3) is 0 Å². The van der Waals surface area contributed by atoms with Gasteiger partial charge in [0.1, 0.15) is 0 Å². The van der Waals surface area contributed by atoms with E-state index in [-0.39, 0.29) is 18.5 Å². The molecule has 79 heavy (non-hydrogen) atoms. The van der Waals surface area contributed by atoms with Gasteiger partial charge in [-0.1, -0.05) is 366 Å². The molecule has 0 aliphatic heterocycles. The smallest absolute Gasteiger partial charge is 0.305 e. The van der Waals surface area contributed by atoms with Crippen LogP contribution in [0.15, 0.2) is 12.2 Å². The van der Waals surface area contributed by atoms with Crippen molar-refractivity contribution in [1.82, 2.24) is 5.32 Å². The molecule has 1 amide bonds. The van der Waals surface area contributed by atoms with Crippen molar-refractivity contribution in [2.75, 3.05) is 13.2 Å². The van der Waals surface area contributed by atoms with E-state index in [4.69, 9.17) is 4.74 Å². The highest BCUT2D eigenvalue weighted by Gasteiger charge is 2.20. The Hall–Kier alpha value is -1.40. The molecule has 0 saturated heterocycles. The Morgan fingerprint density at radius 3 is 0.899 bits per heavy atom. The SMILES string of the molecule is CCCCCCC/C=C\CCCCCCCC(=O)OCCCCCCCCCCCCCCCCCCCCCCCCCCCCCCCCCCCCCCCC(=O)NC(CO)C(O)CCCCCCCCCCCCC. The summed E-state index contributed by atoms with van der Waals surface area (Å²) in [4.78, 5) is 24.5. The van der Waals surface area contributed by atoms with E-state index in [0.29, 0.717) is 25.9 Å². The quantitative estimate of drug-likeness (QED) is 0.0320. The Morgan fingerprint density at radius 1 is 0.342 bits per heavy atom. The molecule has 0 aromatic rings. The molecule has 6 heteroatoms. The van der Waals surface area contributed by atoms with E-state index in [1.807, 2.05) is 0 Å². The minimum absolute atomic E-state index is 0.0155. The van der Waals surface area contributed by atoms with E-state index < -0.39 is 12.1 Å². The highest BCUT2D eigenvalue weighted by molar-refractivity contribution is 5.76. The summed E-state index contributed by atoms with van der Waals surface area (Å²) in [5, 5.41) is 23.2. The second kappa shape index (κ2) is 69.1. The molecule has 2 atom stereocenters. The van der Waals surface area contributed by atoms with Gasteiger partial charge in [0, 0.05) is 12.8 Å². The molecule has 0 aliphatic carbocycles. The maximum atomic E-state index is 12.5. The molecule has 2 unspecified atom stereocenters. The van der Waals surface area contributed by atoms with Gasteiger partial charge in [-0.15, -0.1) is 0 Å². The molecule has 0 fully saturated rings. The van der Waals surface area contributed by atoms with E-state index in [9.17, 15) is 19.8 Å². The Morgan fingerprint density at radius 2 is 0.595 bits per heavy atom. The maximum Gasteiger partial charge on any atom is 0.305 e. The zero-order valence-corrected chi connectivity index (χ0v) is 53.9. The van der Waals surface area contributed by atoms with Crippen molar-refractivity contribution in [2.45, 2.75) is 431 Å². The third kappa shape index (κ3) is 65.6. The number of rotatable bonds is 69. The van der Waals surface area contributed by atoms with Crippen molar-refractivity contribution in [3.05, 3.63) is 12.2 Å². The third-order valence-corrected chi connectivity index (χ3v) is 17.3. The normalized spacial score (nSPS) is 12.5. The number of unbranched alkanes of at least 4 members (excludes halogenated alkanes) is 56. The standard InChI is InChI=1S/C73H143NO5/c1-3-5-7-9-11-13-15-16-43-47-51-55-59-63-67-73(78)79-68-64-60-56-52-48-44-41-39-37-35-33-31-29-27-25-23-21-19-17-18-20-22-24-26-28-30-32-34-36-38-40-42-46-50-54-58-62-66-72(77)74-70(69-75)71(76)65-61-57-53-49-45-14-12-10-8-6-4-2/h15-16,70-71,75-76H,3-14,17-69H2,1-2H3,(H,74,77)/b16-15-. The number of hydrogen-bond donors (Lipinski definition) is 3. The van der Waals surface area contributed by atoms with Crippen LogP contribution < -0.4 is 5.32 Å². The average Bonchev–Trinajstić information content (AvgIpc) is 3.45. The highest BCUT2D eigenvalue weighted by Crippen LogP contribution is 2.20. The number of carbonyl (C=O) groups excluding carboxylic acids is 2. The first-order chi connectivity index (χ1) is 39.0. The van der Waals surface area contributed by atoms with Crippen molar-refractivity contribution in [2.24, 2.45) is 0 Å². The van der Waals surface area contributed by atoms with Crippen LogP contribution >= 0.6 is 0 Å². The zero-order chi connectivity index (χ0) is 57.1. The molecule has 0 aliphatic rings. The number of amides is 1. The summed E-state index contributed by atoms with van der Waals surface area (Å²) in [6.45, 7) is 4.97. The number of hydrogen-bond acceptors (Lipinski definition) is 5. The van der Waals surface area contributed by atoms with Gasteiger partial charge in [-0.2, -0.15) is 0 Å². The van der Waals surface area contributed by atoms with Gasteiger partial charge in [0.15, 0.2) is 0 Å². The minimum Gasteiger partial charge on any atom is -0.466 e. The van der Waals surface area contributed by atoms with Gasteiger partial charge in [-0.05, 0) is 51.4 Å². The van der Waals surface area contributed by atoms with Crippen LogP contribution in [-0.4, -0.2) is 47.4 Å². The van der Waals surface area contributed by atoms with Crippen molar-refractivity contribution < 1.29 is 24.5 Å². The van der Waals surface area contributed by atoms with Crippen molar-refractivity contribution in [1.29, 1.82) is 0 Å². The van der Waals surface area contributed by atoms with Gasteiger partial charge in [-0.3, -0.25) is 9.59 Å². The number of nitrogens with one attached hydrogen (secondary N) is 1. The van der Waals surface area contributed by atoms with E-state index in [1.165, 1.54) is 340 Å². The van der Waals surface area contributed by atoms with Crippen LogP contribution in [0, 0.1) is 0 Å². The third-order valence-electron chi connectivity index (χ3n) is 17.3. The van der Waals surface area contributed by atoms with E-state index >= 15 is 0 Å². The summed E-state index contributed by atoms with van der Waals surface area (Å²) in [6.07, 6.45) is 85.8. The number of carbonyl (C=O) groups is 2. The summed E-state index contributed by atoms with van der Waals surface area (Å²) in [5.74, 6) is -0.0123. The van der Waals surface area contributed by atoms with Gasteiger partial charge in [0.25, 0.3) is 0 Å². The summed E-state index contributed by atoms with van der Waals surface area (Å²) in [6, 6.07) is -0.535. The lowest BCUT2D eigenvalue weighted by Crippen LogP contribution is -2.45. The molecule has 0 bridgehead atoms. The first-order valence-corrected chi connectivity index (χ1v) is 36.4. The van der Waals surface area contributed by atoms with Crippen molar-refractivity contribution in [3.63, 3.8) is 0 Å². The predicted octanol–water partition coefficient (Wildman–Crippen LogP) is 23.5. The topological polar surface area (TPSA) is 95.9 Å². The largest absolute Gasteiger partial charge is 0.466 e. The van der Waals surface area contributed by atoms with Gasteiger partial charge < -0.3 is 20.3 Å². The maximum absolute atomic E-state index is 12.5. The Kier molecular flexibility index (Phi) is 67.9. The highest BCUT2D eigenvalue weighted by atomic mass is 16.5. The zero-order valence-electron chi connectivity index (χ0n) is 53.9. The van der Waals surface area contributed by atoms with Crippen LogP contribution in [0.4, 0.5) is 0 Å². The molecule has 0 heterocycles. The van der Waals surface area contributed by atoms with Crippen LogP contribution in [0.1, 0.15) is 418 Å². The number of aliphatic hydroxyl groups is 2. The van der Waals surface area contributed by atoms with Crippen LogP contribution in [0.2, 0.25) is 0 Å². The second-order valence-electron chi connectivity index (χ2n) is 25.3. The summed E-state index contributed by atoms with van der Waals surface area (Å²) in [5.41, 5.74) is 0. The molecule has 0 spiro atoms. The second-order valence-corrected chi connectivity index (χ2v) is 25.3. The summed E-state index contributed by atoms with van der Waals surface area (Å²) in [7, 11) is 0. The molecule has 6 nitrogen and oxygen atoms in total. The Balaban J connectivity index is 3.27. The van der Waals surface area contributed by atoms with E-state index in [2.05, 4.69) is 31.3 Å². The molecule has 0 saturated carbocycles. The summed E-state index contributed by atoms with van der Waals surface area (Å²) >= 11 is 0. The number of ether oxygens (including phenoxy) is 1. The molecular formula is C73H143NO5. The molecule has 0 aromatic carbocycles. The number of aliphatic hydroxyl groups excluding tert-OH is 2. The fraction of sp³-hybridized carbons (Fsp3) is 0.945. The monoisotopic (exact) mass is 1110 g/mol. The fourth-order valence-electron chi connectivity index (χ4n) is 11.8. The van der Waals surface area contributed by atoms with Gasteiger partial charge in [0.2, 0.25) is 5.91 Å². The van der Waals surface area contributed by atoms with E-state index in [0.717, 1.165) is 44.9 Å². The van der Waals surface area contributed by atoms with Gasteiger partial charge in [-0.25, -0.2) is 0 Å². The first-order valence-electron chi connectivity index (χ1n) is 36.4. The Bertz CT molecular complexity index is 1190. The van der Waals surface area contributed by atoms with Crippen molar-refractivity contribution >= 4 is 11.9 Å².